The van der Waals surface area contributed by atoms with Crippen molar-refractivity contribution in [1.82, 2.24) is 25.5 Å². The number of carbonyl (C=O) groups is 2. The minimum atomic E-state index is -0.390. The largest absolute Gasteiger partial charge is 0.484 e. The van der Waals surface area contributed by atoms with Crippen LogP contribution in [0.25, 0.3) is 5.69 Å². The predicted molar refractivity (Wildman–Crippen MR) is 122 cm³/mol. The number of hydrogen-bond acceptors (Lipinski definition) is 6. The van der Waals surface area contributed by atoms with Crippen LogP contribution >= 0.6 is 0 Å². The summed E-state index contributed by atoms with van der Waals surface area (Å²) in [5.41, 5.74) is 2.47. The van der Waals surface area contributed by atoms with Crippen molar-refractivity contribution < 1.29 is 14.3 Å². The van der Waals surface area contributed by atoms with Crippen LogP contribution in [-0.2, 0) is 4.79 Å². The minimum Gasteiger partial charge on any atom is -0.484 e. The highest BCUT2D eigenvalue weighted by Crippen LogP contribution is 2.19. The smallest absolute Gasteiger partial charge is 0.262 e. The van der Waals surface area contributed by atoms with Crippen LogP contribution in [0.15, 0.2) is 85.2 Å². The molecular weight excluding hydrogens is 420 g/mol. The molecule has 1 atom stereocenters. The summed E-state index contributed by atoms with van der Waals surface area (Å²) < 4.78 is 7.09. The van der Waals surface area contributed by atoms with Gasteiger partial charge in [0, 0.05) is 6.07 Å². The average molecular weight is 442 g/mol. The van der Waals surface area contributed by atoms with Gasteiger partial charge in [0.05, 0.1) is 23.0 Å². The molecule has 9 heteroatoms. The van der Waals surface area contributed by atoms with Crippen LogP contribution in [0.2, 0.25) is 0 Å². The zero-order valence-corrected chi connectivity index (χ0v) is 17.9. The topological polar surface area (TPSA) is 111 Å². The van der Waals surface area contributed by atoms with Gasteiger partial charge in [-0.2, -0.15) is 0 Å². The molecule has 33 heavy (non-hydrogen) atoms. The molecule has 0 aliphatic carbocycles. The third kappa shape index (κ3) is 5.59. The van der Waals surface area contributed by atoms with Gasteiger partial charge in [-0.3, -0.25) is 9.59 Å². The number of para-hydroxylation sites is 1. The second-order valence-corrected chi connectivity index (χ2v) is 7.24. The maximum absolute atomic E-state index is 12.8. The number of hydrogen-bond donors (Lipinski definition) is 2. The molecule has 166 valence electrons. The van der Waals surface area contributed by atoms with Crippen LogP contribution in [0.5, 0.6) is 5.75 Å². The van der Waals surface area contributed by atoms with Crippen molar-refractivity contribution in [3.63, 3.8) is 0 Å². The van der Waals surface area contributed by atoms with E-state index in [0.29, 0.717) is 22.7 Å². The van der Waals surface area contributed by atoms with Crippen LogP contribution in [0.3, 0.4) is 0 Å². The number of nitrogens with one attached hydrogen (secondary N) is 2. The van der Waals surface area contributed by atoms with E-state index in [1.54, 1.807) is 42.5 Å². The quantitative estimate of drug-likeness (QED) is 0.434. The summed E-state index contributed by atoms with van der Waals surface area (Å²) in [6, 6.07) is 23.4. The second-order valence-electron chi connectivity index (χ2n) is 7.24. The van der Waals surface area contributed by atoms with E-state index >= 15 is 0 Å². The monoisotopic (exact) mass is 442 g/mol. The Morgan fingerprint density at radius 3 is 2.58 bits per heavy atom. The van der Waals surface area contributed by atoms with Crippen LogP contribution in [0.4, 0.5) is 5.69 Å². The number of benzene rings is 3. The lowest BCUT2D eigenvalue weighted by atomic mass is 10.1. The summed E-state index contributed by atoms with van der Waals surface area (Å²) in [7, 11) is 0. The van der Waals surface area contributed by atoms with Crippen LogP contribution in [-0.4, -0.2) is 38.6 Å². The molecule has 0 aliphatic rings. The van der Waals surface area contributed by atoms with Crippen molar-refractivity contribution in [3.8, 4) is 11.4 Å². The van der Waals surface area contributed by atoms with E-state index in [2.05, 4.69) is 26.2 Å². The molecule has 4 aromatic rings. The summed E-state index contributed by atoms with van der Waals surface area (Å²) >= 11 is 0. The van der Waals surface area contributed by atoms with Gasteiger partial charge in [-0.15, -0.1) is 5.10 Å². The molecule has 1 aromatic heterocycles. The Morgan fingerprint density at radius 1 is 1.00 bits per heavy atom. The number of aromatic nitrogens is 4. The first-order chi connectivity index (χ1) is 16.1. The molecular formula is C24H22N6O3. The molecule has 0 radical (unpaired) electrons. The summed E-state index contributed by atoms with van der Waals surface area (Å²) in [4.78, 5) is 25.4. The van der Waals surface area contributed by atoms with Crippen molar-refractivity contribution in [2.24, 2.45) is 0 Å². The fourth-order valence-corrected chi connectivity index (χ4v) is 3.22. The van der Waals surface area contributed by atoms with Gasteiger partial charge in [0.15, 0.2) is 6.61 Å². The number of carbonyl (C=O) groups excluding carboxylic acids is 2. The Morgan fingerprint density at radius 2 is 1.79 bits per heavy atom. The van der Waals surface area contributed by atoms with Gasteiger partial charge in [-0.1, -0.05) is 48.5 Å². The first-order valence-corrected chi connectivity index (χ1v) is 10.3. The molecule has 1 heterocycles. The normalized spacial score (nSPS) is 11.4. The highest BCUT2D eigenvalue weighted by atomic mass is 16.5. The lowest BCUT2D eigenvalue weighted by molar-refractivity contribution is -0.118. The molecule has 2 amide bonds. The summed E-state index contributed by atoms with van der Waals surface area (Å²) in [5.74, 6) is -0.183. The molecule has 2 N–H and O–H groups in total. The Bertz CT molecular complexity index is 1230. The van der Waals surface area contributed by atoms with Crippen LogP contribution in [0.1, 0.15) is 28.9 Å². The summed E-state index contributed by atoms with van der Waals surface area (Å²) in [6.45, 7) is 1.68. The first-order valence-electron chi connectivity index (χ1n) is 10.3. The zero-order valence-electron chi connectivity index (χ0n) is 17.9. The first kappa shape index (κ1) is 21.7. The number of rotatable bonds is 8. The SMILES string of the molecule is CC(NC(=O)c1ccccc1NC(=O)COc1cccc(-n2cnnn2)c1)c1ccccc1. The van der Waals surface area contributed by atoms with E-state index in [-0.39, 0.29) is 24.5 Å². The number of ether oxygens (including phenoxy) is 1. The van der Waals surface area contributed by atoms with Gasteiger partial charge in [0.25, 0.3) is 11.8 Å². The molecule has 1 unspecified atom stereocenters. The zero-order chi connectivity index (χ0) is 23.0. The minimum absolute atomic E-state index is 0.182. The third-order valence-electron chi connectivity index (χ3n) is 4.89. The standard InChI is InChI=1S/C24H22N6O3/c1-17(18-8-3-2-4-9-18)26-24(32)21-12-5-6-13-22(21)27-23(31)15-33-20-11-7-10-19(14-20)30-16-25-28-29-30/h2-14,16-17H,15H2,1H3,(H,26,32)(H,27,31). The Hall–Kier alpha value is -4.53. The van der Waals surface area contributed by atoms with Crippen molar-refractivity contribution >= 4 is 17.5 Å². The van der Waals surface area contributed by atoms with E-state index in [0.717, 1.165) is 5.56 Å². The lowest BCUT2D eigenvalue weighted by Crippen LogP contribution is -2.28. The Balaban J connectivity index is 1.38. The Kier molecular flexibility index (Phi) is 6.70. The molecule has 9 nitrogen and oxygen atoms in total. The van der Waals surface area contributed by atoms with Crippen molar-refractivity contribution in [1.29, 1.82) is 0 Å². The number of amides is 2. The molecule has 0 spiro atoms. The number of anilines is 1. The maximum Gasteiger partial charge on any atom is 0.262 e. The van der Waals surface area contributed by atoms with Gasteiger partial charge >= 0.3 is 0 Å². The fourth-order valence-electron chi connectivity index (χ4n) is 3.22. The molecule has 0 fully saturated rings. The van der Waals surface area contributed by atoms with E-state index in [1.807, 2.05) is 43.3 Å². The average Bonchev–Trinajstić information content (AvgIpc) is 3.39. The van der Waals surface area contributed by atoms with Crippen molar-refractivity contribution in [3.05, 3.63) is 96.3 Å². The maximum atomic E-state index is 12.8. The van der Waals surface area contributed by atoms with E-state index in [4.69, 9.17) is 4.74 Å². The van der Waals surface area contributed by atoms with E-state index in [1.165, 1.54) is 11.0 Å². The van der Waals surface area contributed by atoms with Gasteiger partial charge < -0.3 is 15.4 Å². The fraction of sp³-hybridized carbons (Fsp3) is 0.125. The van der Waals surface area contributed by atoms with Gasteiger partial charge in [-0.05, 0) is 47.2 Å². The van der Waals surface area contributed by atoms with Crippen molar-refractivity contribution in [2.75, 3.05) is 11.9 Å². The number of tetrazole rings is 1. The molecule has 4 rings (SSSR count). The molecule has 0 bridgehead atoms. The summed E-state index contributed by atoms with van der Waals surface area (Å²) in [5, 5.41) is 16.7. The number of nitrogens with zero attached hydrogens (tertiary/aromatic N) is 4. The molecule has 0 aliphatic heterocycles. The van der Waals surface area contributed by atoms with Gasteiger partial charge in [0.1, 0.15) is 12.1 Å². The second kappa shape index (κ2) is 10.2. The molecule has 3 aromatic carbocycles. The predicted octanol–water partition coefficient (Wildman–Crippen LogP) is 3.17. The van der Waals surface area contributed by atoms with Crippen LogP contribution in [0, 0.1) is 0 Å². The van der Waals surface area contributed by atoms with E-state index in [9.17, 15) is 9.59 Å². The van der Waals surface area contributed by atoms with Gasteiger partial charge in [0.2, 0.25) is 0 Å². The lowest BCUT2D eigenvalue weighted by Gasteiger charge is -2.16. The Labute approximate surface area is 190 Å². The van der Waals surface area contributed by atoms with Crippen molar-refractivity contribution in [2.45, 2.75) is 13.0 Å². The highest BCUT2D eigenvalue weighted by molar-refractivity contribution is 6.04. The molecule has 0 saturated heterocycles. The van der Waals surface area contributed by atoms with Gasteiger partial charge in [-0.25, -0.2) is 4.68 Å². The van der Waals surface area contributed by atoms with Crippen LogP contribution < -0.4 is 15.4 Å². The third-order valence-corrected chi connectivity index (χ3v) is 4.89. The summed E-state index contributed by atoms with van der Waals surface area (Å²) in [6.07, 6.45) is 1.46. The highest BCUT2D eigenvalue weighted by Gasteiger charge is 2.16. The van der Waals surface area contributed by atoms with E-state index < -0.39 is 0 Å². The molecule has 0 saturated carbocycles.